The Morgan fingerprint density at radius 1 is 1.75 bits per heavy atom. The SMILES string of the molecule is COC(=O)CCc1[c-]nn[nH]1.[Au+]. The van der Waals surface area contributed by atoms with Crippen LogP contribution in [0.25, 0.3) is 0 Å². The number of aryl methyl sites for hydroxylation is 1. The number of ether oxygens (including phenoxy) is 1. The van der Waals surface area contributed by atoms with Gasteiger partial charge < -0.3 is 21.1 Å². The number of aromatic nitrogens is 3. The van der Waals surface area contributed by atoms with Crippen LogP contribution in [0.4, 0.5) is 0 Å². The smallest absolute Gasteiger partial charge is 0.469 e. The zero-order valence-corrected chi connectivity index (χ0v) is 8.59. The summed E-state index contributed by atoms with van der Waals surface area (Å²) < 4.78 is 4.44. The Morgan fingerprint density at radius 3 is 3.00 bits per heavy atom. The summed E-state index contributed by atoms with van der Waals surface area (Å²) in [5.41, 5.74) is 0.718. The summed E-state index contributed by atoms with van der Waals surface area (Å²) in [5.74, 6) is -0.243. The average Bonchev–Trinajstić information content (AvgIpc) is 2.52. The van der Waals surface area contributed by atoms with Gasteiger partial charge in [0.25, 0.3) is 0 Å². The van der Waals surface area contributed by atoms with Crippen molar-refractivity contribution in [2.75, 3.05) is 7.11 Å². The molecule has 0 amide bonds. The van der Waals surface area contributed by atoms with Gasteiger partial charge in [-0.15, -0.1) is 10.9 Å². The van der Waals surface area contributed by atoms with Crippen molar-refractivity contribution in [2.45, 2.75) is 12.8 Å². The molecule has 1 heterocycles. The van der Waals surface area contributed by atoms with Crippen molar-refractivity contribution in [3.8, 4) is 0 Å². The van der Waals surface area contributed by atoms with Crippen molar-refractivity contribution < 1.29 is 31.9 Å². The molecule has 0 unspecified atom stereocenters. The Hall–Kier alpha value is -0.650. The van der Waals surface area contributed by atoms with Crippen LogP contribution in [0.15, 0.2) is 0 Å². The van der Waals surface area contributed by atoms with Gasteiger partial charge in [0.2, 0.25) is 0 Å². The maximum absolute atomic E-state index is 10.6. The van der Waals surface area contributed by atoms with E-state index < -0.39 is 0 Å². The van der Waals surface area contributed by atoms with Crippen LogP contribution in [-0.4, -0.2) is 28.5 Å². The molecule has 70 valence electrons. The van der Waals surface area contributed by atoms with Crippen LogP contribution in [0.5, 0.6) is 0 Å². The normalized spacial score (nSPS) is 8.75. The third-order valence-electron chi connectivity index (χ3n) is 1.23. The van der Waals surface area contributed by atoms with Crippen LogP contribution in [-0.2, 0) is 38.3 Å². The second-order valence-corrected chi connectivity index (χ2v) is 1.98. The number of carbonyl (C=O) groups excluding carboxylic acids is 1. The van der Waals surface area contributed by atoms with E-state index in [0.717, 1.165) is 5.69 Å². The summed E-state index contributed by atoms with van der Waals surface area (Å²) in [6.45, 7) is 0. The van der Waals surface area contributed by atoms with E-state index in [1.165, 1.54) is 7.11 Å². The number of rotatable bonds is 3. The molecular weight excluding hydrogens is 343 g/mol. The number of aromatic amines is 1. The largest absolute Gasteiger partial charge is 1.00 e. The van der Waals surface area contributed by atoms with Crippen LogP contribution in [0.2, 0.25) is 0 Å². The van der Waals surface area contributed by atoms with Crippen LogP contribution < -0.4 is 0 Å². The Bertz CT molecular complexity index is 225. The van der Waals surface area contributed by atoms with Gasteiger partial charge in [0, 0.05) is 6.42 Å². The van der Waals surface area contributed by atoms with Gasteiger partial charge in [0.05, 0.1) is 7.11 Å². The molecule has 0 saturated carbocycles. The summed E-state index contributed by atoms with van der Waals surface area (Å²) in [7, 11) is 1.36. The van der Waals surface area contributed by atoms with E-state index in [-0.39, 0.29) is 28.3 Å². The number of nitrogens with zero attached hydrogens (tertiary/aromatic N) is 2. The first-order chi connectivity index (χ1) is 5.33. The Labute approximate surface area is 85.4 Å². The molecule has 1 N–H and O–H groups in total. The number of hydrogen-bond acceptors (Lipinski definition) is 4. The van der Waals surface area contributed by atoms with Crippen LogP contribution in [0, 0.1) is 6.20 Å². The van der Waals surface area contributed by atoms with E-state index in [2.05, 4.69) is 26.3 Å². The van der Waals surface area contributed by atoms with E-state index in [1.54, 1.807) is 0 Å². The number of nitrogens with one attached hydrogen (secondary N) is 1. The maximum Gasteiger partial charge on any atom is 1.00 e. The van der Waals surface area contributed by atoms with Gasteiger partial charge >= 0.3 is 28.3 Å². The third-order valence-corrected chi connectivity index (χ3v) is 1.23. The fraction of sp³-hybridized carbons (Fsp3) is 0.500. The van der Waals surface area contributed by atoms with Crippen molar-refractivity contribution in [1.29, 1.82) is 0 Å². The predicted molar refractivity (Wildman–Crippen MR) is 35.6 cm³/mol. The fourth-order valence-corrected chi connectivity index (χ4v) is 0.637. The first kappa shape index (κ1) is 11.4. The molecule has 0 saturated heterocycles. The minimum absolute atomic E-state index is 0. The molecule has 0 fully saturated rings. The van der Waals surface area contributed by atoms with Gasteiger partial charge in [-0.2, -0.15) is 0 Å². The molecule has 0 aliphatic heterocycles. The number of hydrogen-bond donors (Lipinski definition) is 1. The Kier molecular flexibility index (Phi) is 5.61. The number of carbonyl (C=O) groups is 1. The standard InChI is InChI=1S/C6H8N3O2.Au/c1-11-6(10)3-2-5-4-7-9-8-5;/h2-3H2,1H3,(H,7,8,9);/q-1;+1. The van der Waals surface area contributed by atoms with Gasteiger partial charge in [0.1, 0.15) is 0 Å². The first-order valence-electron chi connectivity index (χ1n) is 3.17. The zero-order chi connectivity index (χ0) is 8.10. The Morgan fingerprint density at radius 2 is 2.50 bits per heavy atom. The van der Waals surface area contributed by atoms with E-state index in [0.29, 0.717) is 12.8 Å². The second-order valence-electron chi connectivity index (χ2n) is 1.98. The molecule has 1 aromatic heterocycles. The quantitative estimate of drug-likeness (QED) is 0.462. The van der Waals surface area contributed by atoms with E-state index in [9.17, 15) is 4.79 Å². The molecule has 0 spiro atoms. The van der Waals surface area contributed by atoms with Crippen molar-refractivity contribution in [3.05, 3.63) is 11.9 Å². The average molecular weight is 351 g/mol. The summed E-state index contributed by atoms with van der Waals surface area (Å²) in [6.07, 6.45) is 3.46. The van der Waals surface area contributed by atoms with Gasteiger partial charge in [-0.25, -0.2) is 0 Å². The minimum Gasteiger partial charge on any atom is -0.469 e. The molecule has 6 heteroatoms. The molecular formula is C6H8AuN3O2. The molecule has 1 aromatic rings. The number of methoxy groups -OCH3 is 1. The molecule has 0 atom stereocenters. The summed E-state index contributed by atoms with van der Waals surface area (Å²) >= 11 is 0. The summed E-state index contributed by atoms with van der Waals surface area (Å²) in [4.78, 5) is 10.6. The minimum atomic E-state index is -0.243. The topological polar surface area (TPSA) is 67.9 Å². The molecule has 12 heavy (non-hydrogen) atoms. The molecule has 0 aromatic carbocycles. The van der Waals surface area contributed by atoms with Gasteiger partial charge in [-0.1, -0.05) is 0 Å². The molecule has 0 bridgehead atoms. The first-order valence-corrected chi connectivity index (χ1v) is 3.17. The number of H-pyrrole nitrogens is 1. The maximum atomic E-state index is 10.6. The van der Waals surface area contributed by atoms with Crippen LogP contribution >= 0.6 is 0 Å². The van der Waals surface area contributed by atoms with Crippen molar-refractivity contribution >= 4 is 5.97 Å². The van der Waals surface area contributed by atoms with Crippen molar-refractivity contribution in [2.24, 2.45) is 0 Å². The van der Waals surface area contributed by atoms with E-state index >= 15 is 0 Å². The molecule has 1 rings (SSSR count). The molecule has 0 aliphatic carbocycles. The molecule has 0 aliphatic rings. The van der Waals surface area contributed by atoms with Crippen molar-refractivity contribution in [1.82, 2.24) is 15.4 Å². The zero-order valence-electron chi connectivity index (χ0n) is 6.43. The van der Waals surface area contributed by atoms with Crippen LogP contribution in [0.3, 0.4) is 0 Å². The summed E-state index contributed by atoms with van der Waals surface area (Å²) in [6, 6.07) is 0. The van der Waals surface area contributed by atoms with Crippen molar-refractivity contribution in [3.63, 3.8) is 0 Å². The predicted octanol–water partition coefficient (Wildman–Crippen LogP) is -0.292. The monoisotopic (exact) mass is 351 g/mol. The van der Waals surface area contributed by atoms with Gasteiger partial charge in [-0.05, 0) is 6.42 Å². The van der Waals surface area contributed by atoms with Gasteiger partial charge in [-0.3, -0.25) is 4.79 Å². The third kappa shape index (κ3) is 3.66. The fourth-order valence-electron chi connectivity index (χ4n) is 0.637. The molecule has 0 radical (unpaired) electrons. The number of esters is 1. The second kappa shape index (κ2) is 5.93. The van der Waals surface area contributed by atoms with Crippen LogP contribution in [0.1, 0.15) is 12.1 Å². The molecule has 5 nitrogen and oxygen atoms in total. The summed E-state index contributed by atoms with van der Waals surface area (Å²) in [5, 5.41) is 9.48. The Balaban J connectivity index is 0.00000121. The van der Waals surface area contributed by atoms with Gasteiger partial charge in [0.15, 0.2) is 0 Å². The van der Waals surface area contributed by atoms with E-state index in [1.807, 2.05) is 0 Å². The van der Waals surface area contributed by atoms with E-state index in [4.69, 9.17) is 0 Å².